The average molecular weight is 347 g/mol. The summed E-state index contributed by atoms with van der Waals surface area (Å²) in [6.45, 7) is 1.77. The zero-order chi connectivity index (χ0) is 17.9. The van der Waals surface area contributed by atoms with Crippen LogP contribution < -0.4 is 5.56 Å². The normalized spacial score (nSPS) is 14.1. The van der Waals surface area contributed by atoms with Gasteiger partial charge in [-0.05, 0) is 36.1 Å². The fraction of sp³-hybridized carbons (Fsp3) is 0.286. The number of aryl methyl sites for hydroxylation is 2. The summed E-state index contributed by atoms with van der Waals surface area (Å²) in [5.74, 6) is 0.0850. The average Bonchev–Trinajstić information content (AvgIpc) is 2.90. The minimum absolute atomic E-state index is 0.0850. The molecule has 0 fully saturated rings. The van der Waals surface area contributed by atoms with Crippen LogP contribution in [-0.4, -0.2) is 26.9 Å². The lowest BCUT2D eigenvalue weighted by Crippen LogP contribution is -2.32. The third-order valence-corrected chi connectivity index (χ3v) is 5.00. The molecule has 1 amide bonds. The van der Waals surface area contributed by atoms with Crippen LogP contribution in [0.3, 0.4) is 0 Å². The number of benzene rings is 2. The molecule has 0 bridgehead atoms. The van der Waals surface area contributed by atoms with E-state index in [0.717, 1.165) is 19.4 Å². The van der Waals surface area contributed by atoms with Crippen molar-refractivity contribution >= 4 is 16.8 Å². The van der Waals surface area contributed by atoms with E-state index < -0.39 is 0 Å². The summed E-state index contributed by atoms with van der Waals surface area (Å²) in [6.07, 6.45) is 3.83. The van der Waals surface area contributed by atoms with Crippen molar-refractivity contribution in [2.75, 3.05) is 6.54 Å². The number of para-hydroxylation sites is 1. The van der Waals surface area contributed by atoms with Crippen LogP contribution >= 0.6 is 0 Å². The van der Waals surface area contributed by atoms with E-state index >= 15 is 0 Å². The Bertz CT molecular complexity index is 1010. The fourth-order valence-electron chi connectivity index (χ4n) is 3.55. The molecule has 0 spiro atoms. The van der Waals surface area contributed by atoms with Crippen molar-refractivity contribution in [3.05, 3.63) is 76.3 Å². The van der Waals surface area contributed by atoms with Crippen LogP contribution in [0.2, 0.25) is 0 Å². The van der Waals surface area contributed by atoms with Crippen molar-refractivity contribution in [1.29, 1.82) is 0 Å². The molecule has 0 radical (unpaired) electrons. The monoisotopic (exact) mass is 347 g/mol. The Labute approximate surface area is 151 Å². The molecular formula is C21H21N3O2. The summed E-state index contributed by atoms with van der Waals surface area (Å²) in [5.41, 5.74) is 3.15. The van der Waals surface area contributed by atoms with Gasteiger partial charge in [0.15, 0.2) is 0 Å². The highest BCUT2D eigenvalue weighted by Gasteiger charge is 2.18. The van der Waals surface area contributed by atoms with Crippen molar-refractivity contribution < 1.29 is 4.79 Å². The quantitative estimate of drug-likeness (QED) is 0.732. The van der Waals surface area contributed by atoms with E-state index in [9.17, 15) is 9.59 Å². The second kappa shape index (κ2) is 7.12. The van der Waals surface area contributed by atoms with E-state index in [4.69, 9.17) is 0 Å². The van der Waals surface area contributed by atoms with E-state index in [2.05, 4.69) is 23.2 Å². The SMILES string of the molecule is O=C(CCn1cnc2ccccc2c1=O)N1CCCc2ccccc2C1. The predicted molar refractivity (Wildman–Crippen MR) is 101 cm³/mol. The largest absolute Gasteiger partial charge is 0.338 e. The molecule has 26 heavy (non-hydrogen) atoms. The molecule has 1 aliphatic heterocycles. The van der Waals surface area contributed by atoms with E-state index in [1.54, 1.807) is 6.07 Å². The van der Waals surface area contributed by atoms with Crippen molar-refractivity contribution in [2.45, 2.75) is 32.4 Å². The Balaban J connectivity index is 1.47. The second-order valence-electron chi connectivity index (χ2n) is 6.70. The molecule has 132 valence electrons. The van der Waals surface area contributed by atoms with Crippen LogP contribution in [0.1, 0.15) is 24.0 Å². The minimum atomic E-state index is -0.0930. The molecule has 4 rings (SSSR count). The molecule has 2 heterocycles. The van der Waals surface area contributed by atoms with Gasteiger partial charge in [0.1, 0.15) is 0 Å². The number of aromatic nitrogens is 2. The summed E-state index contributed by atoms with van der Waals surface area (Å²) < 4.78 is 1.53. The summed E-state index contributed by atoms with van der Waals surface area (Å²) in [7, 11) is 0. The van der Waals surface area contributed by atoms with E-state index in [1.165, 1.54) is 22.0 Å². The van der Waals surface area contributed by atoms with Gasteiger partial charge in [-0.15, -0.1) is 0 Å². The van der Waals surface area contributed by atoms with Gasteiger partial charge in [-0.1, -0.05) is 36.4 Å². The van der Waals surface area contributed by atoms with Gasteiger partial charge in [-0.3, -0.25) is 14.2 Å². The molecule has 5 heteroatoms. The number of hydrogen-bond donors (Lipinski definition) is 0. The van der Waals surface area contributed by atoms with Gasteiger partial charge >= 0.3 is 0 Å². The van der Waals surface area contributed by atoms with Crippen LogP contribution in [0.25, 0.3) is 10.9 Å². The number of carbonyl (C=O) groups is 1. The van der Waals surface area contributed by atoms with Gasteiger partial charge < -0.3 is 4.90 Å². The molecule has 3 aromatic rings. The van der Waals surface area contributed by atoms with Gasteiger partial charge in [0.05, 0.1) is 17.2 Å². The Morgan fingerprint density at radius 1 is 1.04 bits per heavy atom. The minimum Gasteiger partial charge on any atom is -0.338 e. The molecule has 0 aliphatic carbocycles. The van der Waals surface area contributed by atoms with Crippen LogP contribution in [0.15, 0.2) is 59.7 Å². The zero-order valence-electron chi connectivity index (χ0n) is 14.6. The Kier molecular flexibility index (Phi) is 4.52. The molecule has 0 saturated heterocycles. The Morgan fingerprint density at radius 3 is 2.69 bits per heavy atom. The first-order chi connectivity index (χ1) is 12.7. The molecule has 5 nitrogen and oxygen atoms in total. The van der Waals surface area contributed by atoms with Crippen LogP contribution in [-0.2, 0) is 24.3 Å². The molecule has 1 aliphatic rings. The van der Waals surface area contributed by atoms with Crippen molar-refractivity contribution in [3.8, 4) is 0 Å². The first kappa shape index (κ1) is 16.5. The standard InChI is InChI=1S/C21H21N3O2/c25-20(23-12-5-8-16-6-1-2-7-17(16)14-23)11-13-24-15-22-19-10-4-3-9-18(19)21(24)26/h1-4,6-7,9-10,15H,5,8,11-14H2. The molecule has 1 aromatic heterocycles. The van der Waals surface area contributed by atoms with Gasteiger partial charge in [0.25, 0.3) is 5.56 Å². The summed E-state index contributed by atoms with van der Waals surface area (Å²) in [4.78, 5) is 31.5. The Hall–Kier alpha value is -2.95. The third-order valence-electron chi connectivity index (χ3n) is 5.00. The second-order valence-corrected chi connectivity index (χ2v) is 6.70. The van der Waals surface area contributed by atoms with Crippen LogP contribution in [0.4, 0.5) is 0 Å². The first-order valence-electron chi connectivity index (χ1n) is 9.01. The van der Waals surface area contributed by atoms with Crippen molar-refractivity contribution in [2.24, 2.45) is 0 Å². The number of fused-ring (bicyclic) bond motifs is 2. The highest BCUT2D eigenvalue weighted by molar-refractivity contribution is 5.77. The number of hydrogen-bond acceptors (Lipinski definition) is 3. The van der Waals surface area contributed by atoms with Crippen LogP contribution in [0, 0.1) is 0 Å². The zero-order valence-corrected chi connectivity index (χ0v) is 14.6. The highest BCUT2D eigenvalue weighted by atomic mass is 16.2. The fourth-order valence-corrected chi connectivity index (χ4v) is 3.55. The van der Waals surface area contributed by atoms with Crippen molar-refractivity contribution in [1.82, 2.24) is 14.5 Å². The van der Waals surface area contributed by atoms with Crippen molar-refractivity contribution in [3.63, 3.8) is 0 Å². The topological polar surface area (TPSA) is 55.2 Å². The Morgan fingerprint density at radius 2 is 1.81 bits per heavy atom. The van der Waals surface area contributed by atoms with Crippen LogP contribution in [0.5, 0.6) is 0 Å². The number of carbonyl (C=O) groups excluding carboxylic acids is 1. The van der Waals surface area contributed by atoms with E-state index in [1.807, 2.05) is 29.2 Å². The van der Waals surface area contributed by atoms with E-state index in [-0.39, 0.29) is 11.5 Å². The third kappa shape index (κ3) is 3.25. The molecule has 0 unspecified atom stereocenters. The summed E-state index contributed by atoms with van der Waals surface area (Å²) in [6, 6.07) is 15.6. The molecular weight excluding hydrogens is 326 g/mol. The number of nitrogens with zero attached hydrogens (tertiary/aromatic N) is 3. The first-order valence-corrected chi connectivity index (χ1v) is 9.01. The molecule has 0 N–H and O–H groups in total. The molecule has 0 atom stereocenters. The lowest BCUT2D eigenvalue weighted by molar-refractivity contribution is -0.132. The molecule has 0 saturated carbocycles. The maximum Gasteiger partial charge on any atom is 0.261 e. The van der Waals surface area contributed by atoms with Gasteiger partial charge in [0, 0.05) is 26.1 Å². The van der Waals surface area contributed by atoms with Gasteiger partial charge in [-0.2, -0.15) is 0 Å². The summed E-state index contributed by atoms with van der Waals surface area (Å²) in [5, 5.41) is 0.589. The maximum atomic E-state index is 12.7. The highest BCUT2D eigenvalue weighted by Crippen LogP contribution is 2.19. The lowest BCUT2D eigenvalue weighted by Gasteiger charge is -2.21. The number of amides is 1. The molecule has 2 aromatic carbocycles. The van der Waals surface area contributed by atoms with Gasteiger partial charge in [-0.25, -0.2) is 4.98 Å². The summed E-state index contributed by atoms with van der Waals surface area (Å²) >= 11 is 0. The smallest absolute Gasteiger partial charge is 0.261 e. The predicted octanol–water partition coefficient (Wildman–Crippen LogP) is 2.76. The number of rotatable bonds is 3. The van der Waals surface area contributed by atoms with Gasteiger partial charge in [0.2, 0.25) is 5.91 Å². The maximum absolute atomic E-state index is 12.7. The lowest BCUT2D eigenvalue weighted by atomic mass is 10.0. The van der Waals surface area contributed by atoms with E-state index in [0.29, 0.717) is 30.4 Å².